The van der Waals surface area contributed by atoms with E-state index in [0.29, 0.717) is 5.69 Å². The van der Waals surface area contributed by atoms with Crippen molar-refractivity contribution in [3.8, 4) is 0 Å². The van der Waals surface area contributed by atoms with Crippen molar-refractivity contribution >= 4 is 23.2 Å². The fraction of sp³-hybridized carbons (Fsp3) is 0.267. The van der Waals surface area contributed by atoms with Gasteiger partial charge < -0.3 is 5.32 Å². The van der Waals surface area contributed by atoms with Crippen molar-refractivity contribution < 1.29 is 17.6 Å². The molecule has 2 heterocycles. The Morgan fingerprint density at radius 3 is 2.60 bits per heavy atom. The van der Waals surface area contributed by atoms with Gasteiger partial charge in [-0.25, -0.2) is 9.37 Å². The second-order valence-corrected chi connectivity index (χ2v) is 5.84. The van der Waals surface area contributed by atoms with Crippen LogP contribution in [0.4, 0.5) is 23.4 Å². The summed E-state index contributed by atoms with van der Waals surface area (Å²) in [6.45, 7) is 3.24. The Labute approximate surface area is 144 Å². The zero-order valence-corrected chi connectivity index (χ0v) is 13.8. The van der Waals surface area contributed by atoms with Crippen LogP contribution in [-0.2, 0) is 6.18 Å². The van der Waals surface area contributed by atoms with E-state index < -0.39 is 23.9 Å². The van der Waals surface area contributed by atoms with E-state index in [1.807, 2.05) is 0 Å². The molecule has 0 saturated carbocycles. The van der Waals surface area contributed by atoms with Crippen molar-refractivity contribution in [1.82, 2.24) is 19.6 Å². The van der Waals surface area contributed by atoms with Gasteiger partial charge in [0.05, 0.1) is 6.04 Å². The first kappa shape index (κ1) is 17.4. The van der Waals surface area contributed by atoms with Crippen LogP contribution in [0.3, 0.4) is 0 Å². The molecular weight excluding hydrogens is 362 g/mol. The zero-order valence-electron chi connectivity index (χ0n) is 13.1. The predicted octanol–water partition coefficient (Wildman–Crippen LogP) is 4.42. The highest BCUT2D eigenvalue weighted by Gasteiger charge is 2.37. The first-order chi connectivity index (χ1) is 11.7. The molecule has 2 aromatic heterocycles. The number of alkyl halides is 3. The first-order valence-electron chi connectivity index (χ1n) is 7.19. The minimum absolute atomic E-state index is 0.192. The van der Waals surface area contributed by atoms with Crippen LogP contribution in [0.25, 0.3) is 5.78 Å². The molecule has 0 amide bonds. The van der Waals surface area contributed by atoms with Crippen LogP contribution in [0, 0.1) is 12.7 Å². The number of hydrogen-bond acceptors (Lipinski definition) is 4. The molecule has 1 unspecified atom stereocenters. The topological polar surface area (TPSA) is 55.1 Å². The molecule has 0 spiro atoms. The highest BCUT2D eigenvalue weighted by molar-refractivity contribution is 6.31. The number of nitrogens with zero attached hydrogens (tertiary/aromatic N) is 4. The molecular formula is C15H12ClF4N5. The van der Waals surface area contributed by atoms with Gasteiger partial charge in [-0.1, -0.05) is 17.7 Å². The zero-order chi connectivity index (χ0) is 18.4. The van der Waals surface area contributed by atoms with Gasteiger partial charge >= 0.3 is 6.18 Å². The lowest BCUT2D eigenvalue weighted by Crippen LogP contribution is -2.13. The summed E-state index contributed by atoms with van der Waals surface area (Å²) in [4.78, 5) is 7.33. The van der Waals surface area contributed by atoms with E-state index in [1.54, 1.807) is 13.8 Å². The maximum Gasteiger partial charge on any atom is 0.453 e. The number of anilines is 1. The molecule has 0 radical (unpaired) electrons. The van der Waals surface area contributed by atoms with E-state index in [0.717, 1.165) is 4.52 Å². The molecule has 0 fully saturated rings. The number of aryl methyl sites for hydroxylation is 1. The van der Waals surface area contributed by atoms with Gasteiger partial charge in [0.1, 0.15) is 11.6 Å². The maximum absolute atomic E-state index is 14.0. The lowest BCUT2D eigenvalue weighted by molar-refractivity contribution is -0.144. The third-order valence-electron chi connectivity index (χ3n) is 3.49. The van der Waals surface area contributed by atoms with Crippen LogP contribution in [0.5, 0.6) is 0 Å². The molecule has 25 heavy (non-hydrogen) atoms. The van der Waals surface area contributed by atoms with Gasteiger partial charge in [-0.2, -0.15) is 22.7 Å². The molecule has 0 bridgehead atoms. The first-order valence-corrected chi connectivity index (χ1v) is 7.56. The average molecular weight is 374 g/mol. The molecule has 1 N–H and O–H groups in total. The Hall–Kier alpha value is -2.42. The molecule has 3 rings (SSSR count). The molecule has 132 valence electrons. The van der Waals surface area contributed by atoms with Crippen molar-refractivity contribution in [2.45, 2.75) is 26.1 Å². The quantitative estimate of drug-likeness (QED) is 0.691. The second kappa shape index (κ2) is 6.14. The molecule has 3 aromatic rings. The molecule has 1 atom stereocenters. The van der Waals surface area contributed by atoms with E-state index >= 15 is 0 Å². The Balaban J connectivity index is 2.05. The van der Waals surface area contributed by atoms with Crippen molar-refractivity contribution in [2.24, 2.45) is 0 Å². The fourth-order valence-electron chi connectivity index (χ4n) is 2.43. The molecule has 10 heteroatoms. The second-order valence-electron chi connectivity index (χ2n) is 5.43. The molecule has 0 aliphatic carbocycles. The molecule has 0 saturated heterocycles. The number of aromatic nitrogens is 4. The Kier molecular flexibility index (Phi) is 4.28. The lowest BCUT2D eigenvalue weighted by atomic mass is 10.1. The van der Waals surface area contributed by atoms with Gasteiger partial charge in [-0.05, 0) is 26.0 Å². The van der Waals surface area contributed by atoms with Crippen molar-refractivity contribution in [2.75, 3.05) is 5.32 Å². The van der Waals surface area contributed by atoms with Crippen LogP contribution in [-0.4, -0.2) is 19.6 Å². The van der Waals surface area contributed by atoms with Crippen molar-refractivity contribution in [3.63, 3.8) is 0 Å². The fourth-order valence-corrected chi connectivity index (χ4v) is 2.75. The van der Waals surface area contributed by atoms with E-state index in [2.05, 4.69) is 20.4 Å². The highest BCUT2D eigenvalue weighted by atomic mass is 35.5. The van der Waals surface area contributed by atoms with Crippen molar-refractivity contribution in [3.05, 3.63) is 52.2 Å². The molecule has 0 aliphatic rings. The van der Waals surface area contributed by atoms with Gasteiger partial charge in [0, 0.05) is 22.3 Å². The summed E-state index contributed by atoms with van der Waals surface area (Å²) in [5, 5.41) is 6.57. The summed E-state index contributed by atoms with van der Waals surface area (Å²) in [5.41, 5.74) is 0.630. The van der Waals surface area contributed by atoms with E-state index in [4.69, 9.17) is 11.6 Å². The van der Waals surface area contributed by atoms with Crippen LogP contribution < -0.4 is 5.32 Å². The monoisotopic (exact) mass is 373 g/mol. The van der Waals surface area contributed by atoms with Gasteiger partial charge in [0.15, 0.2) is 0 Å². The third-order valence-corrected chi connectivity index (χ3v) is 3.82. The molecule has 1 aromatic carbocycles. The van der Waals surface area contributed by atoms with Crippen LogP contribution in [0.15, 0.2) is 24.3 Å². The SMILES string of the molecule is Cc1cc(NC(C)c2c(F)cccc2Cl)n2nc(C(F)(F)F)nc2n1. The standard InChI is InChI=1S/C15H12ClF4N5/c1-7-6-11(22-8(2)12-9(16)4-3-5-10(12)17)25-14(21-7)23-13(24-25)15(18,19)20/h3-6,8,22H,1-2H3. The minimum Gasteiger partial charge on any atom is -0.363 e. The number of hydrogen-bond donors (Lipinski definition) is 1. The van der Waals surface area contributed by atoms with E-state index in [1.165, 1.54) is 24.3 Å². The largest absolute Gasteiger partial charge is 0.453 e. The summed E-state index contributed by atoms with van der Waals surface area (Å²) >= 11 is 6.03. The summed E-state index contributed by atoms with van der Waals surface area (Å²) < 4.78 is 53.5. The lowest BCUT2D eigenvalue weighted by Gasteiger charge is -2.18. The minimum atomic E-state index is -4.70. The number of nitrogens with one attached hydrogen (secondary N) is 1. The number of halogens is 5. The summed E-state index contributed by atoms with van der Waals surface area (Å²) in [5.74, 6) is -1.84. The van der Waals surface area contributed by atoms with Crippen LogP contribution in [0.1, 0.15) is 30.0 Å². The van der Waals surface area contributed by atoms with Gasteiger partial charge in [0.25, 0.3) is 11.6 Å². The van der Waals surface area contributed by atoms with Gasteiger partial charge in [-0.15, -0.1) is 5.10 Å². The molecule has 0 aliphatic heterocycles. The van der Waals surface area contributed by atoms with Gasteiger partial charge in [0.2, 0.25) is 0 Å². The average Bonchev–Trinajstić information content (AvgIpc) is 2.91. The summed E-state index contributed by atoms with van der Waals surface area (Å²) in [6, 6.07) is 5.12. The molecule has 5 nitrogen and oxygen atoms in total. The van der Waals surface area contributed by atoms with Crippen LogP contribution in [0.2, 0.25) is 5.02 Å². The smallest absolute Gasteiger partial charge is 0.363 e. The maximum atomic E-state index is 14.0. The number of fused-ring (bicyclic) bond motifs is 1. The van der Waals surface area contributed by atoms with Crippen molar-refractivity contribution in [1.29, 1.82) is 0 Å². The third kappa shape index (κ3) is 3.37. The van der Waals surface area contributed by atoms with E-state index in [9.17, 15) is 17.6 Å². The summed E-state index contributed by atoms with van der Waals surface area (Å²) in [6.07, 6.45) is -4.70. The highest BCUT2D eigenvalue weighted by Crippen LogP contribution is 2.30. The van der Waals surface area contributed by atoms with Crippen LogP contribution >= 0.6 is 11.6 Å². The number of rotatable bonds is 3. The Morgan fingerprint density at radius 2 is 1.96 bits per heavy atom. The predicted molar refractivity (Wildman–Crippen MR) is 84.0 cm³/mol. The normalized spacial score (nSPS) is 13.2. The number of benzene rings is 1. The Bertz CT molecular complexity index is 917. The van der Waals surface area contributed by atoms with E-state index in [-0.39, 0.29) is 22.2 Å². The van der Waals surface area contributed by atoms with Gasteiger partial charge in [-0.3, -0.25) is 0 Å². The summed E-state index contributed by atoms with van der Waals surface area (Å²) in [7, 11) is 0. The Morgan fingerprint density at radius 1 is 1.24 bits per heavy atom.